The lowest BCUT2D eigenvalue weighted by atomic mass is 10.1. The summed E-state index contributed by atoms with van der Waals surface area (Å²) in [6.45, 7) is 4.46. The Hall–Kier alpha value is -1.68. The van der Waals surface area contributed by atoms with Gasteiger partial charge in [-0.05, 0) is 31.2 Å². The van der Waals surface area contributed by atoms with E-state index < -0.39 is 10.0 Å². The number of benzene rings is 1. The topological polar surface area (TPSA) is 98.8 Å². The van der Waals surface area contributed by atoms with Crippen molar-refractivity contribution in [3.63, 3.8) is 0 Å². The molecule has 0 aromatic heterocycles. The zero-order valence-corrected chi connectivity index (χ0v) is 16.1. The van der Waals surface area contributed by atoms with Crippen molar-refractivity contribution in [2.45, 2.75) is 17.9 Å². The van der Waals surface area contributed by atoms with Crippen molar-refractivity contribution in [2.24, 2.45) is 0 Å². The number of piperazine rings is 2. The highest BCUT2D eigenvalue weighted by molar-refractivity contribution is 7.89. The van der Waals surface area contributed by atoms with E-state index in [2.05, 4.69) is 10.6 Å². The molecular weight excluding hydrogens is 380 g/mol. The summed E-state index contributed by atoms with van der Waals surface area (Å²) in [6.07, 6.45) is 0. The summed E-state index contributed by atoms with van der Waals surface area (Å²) >= 11 is 0. The molecule has 2 amide bonds. The summed E-state index contributed by atoms with van der Waals surface area (Å²) in [4.78, 5) is 25.9. The molecule has 10 heteroatoms. The van der Waals surface area contributed by atoms with Crippen LogP contribution >= 0.6 is 12.4 Å². The molecule has 2 fully saturated rings. The molecule has 0 radical (unpaired) electrons. The lowest BCUT2D eigenvalue weighted by Gasteiger charge is -2.34. The minimum absolute atomic E-state index is 0. The van der Waals surface area contributed by atoms with Gasteiger partial charge in [-0.2, -0.15) is 4.31 Å². The van der Waals surface area contributed by atoms with E-state index in [-0.39, 0.29) is 48.2 Å². The van der Waals surface area contributed by atoms with E-state index >= 15 is 0 Å². The Kier molecular flexibility index (Phi) is 6.62. The molecule has 2 saturated heterocycles. The van der Waals surface area contributed by atoms with E-state index in [4.69, 9.17) is 0 Å². The lowest BCUT2D eigenvalue weighted by Crippen LogP contribution is -2.52. The number of nitrogens with zero attached hydrogens (tertiary/aromatic N) is 2. The van der Waals surface area contributed by atoms with Gasteiger partial charge in [0.05, 0.1) is 11.4 Å². The fourth-order valence-corrected chi connectivity index (χ4v) is 4.44. The summed E-state index contributed by atoms with van der Waals surface area (Å²) in [7, 11) is -3.74. The first-order valence-electron chi connectivity index (χ1n) is 8.28. The van der Waals surface area contributed by atoms with Crippen LogP contribution in [0.15, 0.2) is 29.2 Å². The maximum Gasteiger partial charge on any atom is 0.254 e. The predicted molar refractivity (Wildman–Crippen MR) is 98.8 cm³/mol. The Morgan fingerprint density at radius 1 is 1.15 bits per heavy atom. The lowest BCUT2D eigenvalue weighted by molar-refractivity contribution is -0.122. The maximum absolute atomic E-state index is 12.6. The number of carbonyl (C=O) groups excluding carboxylic acids is 2. The number of hydrogen-bond acceptors (Lipinski definition) is 5. The van der Waals surface area contributed by atoms with Gasteiger partial charge >= 0.3 is 0 Å². The van der Waals surface area contributed by atoms with Crippen LogP contribution in [0.2, 0.25) is 0 Å². The molecule has 1 aromatic carbocycles. The number of nitrogens with one attached hydrogen (secondary N) is 2. The molecule has 144 valence electrons. The summed E-state index contributed by atoms with van der Waals surface area (Å²) in [6, 6.07) is 6.03. The fraction of sp³-hybridized carbons (Fsp3) is 0.500. The van der Waals surface area contributed by atoms with E-state index in [0.29, 0.717) is 18.7 Å². The van der Waals surface area contributed by atoms with Crippen LogP contribution in [0.3, 0.4) is 0 Å². The van der Waals surface area contributed by atoms with Crippen LogP contribution in [0.25, 0.3) is 0 Å². The quantitative estimate of drug-likeness (QED) is 0.720. The average molecular weight is 403 g/mol. The Labute approximate surface area is 159 Å². The standard InChI is InChI=1S/C16H22N4O4S.ClH/c1-12-10-17-6-9-20(12)16(22)13-2-4-14(5-3-13)25(23,24)19-8-7-18-15(21)11-19;/h2-5,12,17H,6-11H2,1H3,(H,18,21);1H/t12-;/m0./s1. The van der Waals surface area contributed by atoms with Crippen molar-refractivity contribution in [1.29, 1.82) is 0 Å². The van der Waals surface area contributed by atoms with Crippen LogP contribution in [0.4, 0.5) is 0 Å². The van der Waals surface area contributed by atoms with E-state index in [1.165, 1.54) is 24.3 Å². The van der Waals surface area contributed by atoms with Crippen molar-refractivity contribution >= 4 is 34.2 Å². The third-order valence-corrected chi connectivity index (χ3v) is 6.36. The largest absolute Gasteiger partial charge is 0.354 e. The second kappa shape index (κ2) is 8.34. The number of sulfonamides is 1. The van der Waals surface area contributed by atoms with Gasteiger partial charge in [0, 0.05) is 44.3 Å². The number of rotatable bonds is 3. The zero-order chi connectivity index (χ0) is 18.0. The summed E-state index contributed by atoms with van der Waals surface area (Å²) in [5.41, 5.74) is 0.462. The molecule has 0 saturated carbocycles. The van der Waals surface area contributed by atoms with E-state index in [1.54, 1.807) is 4.90 Å². The van der Waals surface area contributed by atoms with Gasteiger partial charge in [-0.1, -0.05) is 0 Å². The zero-order valence-electron chi connectivity index (χ0n) is 14.5. The minimum Gasteiger partial charge on any atom is -0.354 e. The van der Waals surface area contributed by atoms with Gasteiger partial charge in [0.2, 0.25) is 15.9 Å². The summed E-state index contributed by atoms with van der Waals surface area (Å²) in [5.74, 6) is -0.412. The number of carbonyl (C=O) groups is 2. The maximum atomic E-state index is 12.6. The fourth-order valence-electron chi connectivity index (χ4n) is 3.05. The van der Waals surface area contributed by atoms with Crippen molar-refractivity contribution < 1.29 is 18.0 Å². The van der Waals surface area contributed by atoms with Crippen molar-refractivity contribution in [1.82, 2.24) is 19.8 Å². The molecular formula is C16H23ClN4O4S. The van der Waals surface area contributed by atoms with Gasteiger partial charge in [0.1, 0.15) is 0 Å². The van der Waals surface area contributed by atoms with Crippen LogP contribution < -0.4 is 10.6 Å². The highest BCUT2D eigenvalue weighted by Crippen LogP contribution is 2.18. The Bertz CT molecular complexity index is 769. The van der Waals surface area contributed by atoms with Gasteiger partial charge in [-0.25, -0.2) is 8.42 Å². The molecule has 2 heterocycles. The van der Waals surface area contributed by atoms with E-state index in [0.717, 1.165) is 17.4 Å². The molecule has 2 aliphatic heterocycles. The second-order valence-electron chi connectivity index (χ2n) is 6.26. The molecule has 8 nitrogen and oxygen atoms in total. The van der Waals surface area contributed by atoms with Crippen LogP contribution in [0.5, 0.6) is 0 Å². The normalized spacial score (nSPS) is 21.7. The molecule has 1 atom stereocenters. The Balaban J connectivity index is 0.00000243. The van der Waals surface area contributed by atoms with Crippen LogP contribution in [-0.2, 0) is 14.8 Å². The number of halogens is 1. The van der Waals surface area contributed by atoms with Crippen molar-refractivity contribution in [3.05, 3.63) is 29.8 Å². The molecule has 0 unspecified atom stereocenters. The molecule has 1 aromatic rings. The van der Waals surface area contributed by atoms with Gasteiger partial charge in [-0.15, -0.1) is 12.4 Å². The van der Waals surface area contributed by atoms with Crippen molar-refractivity contribution in [3.8, 4) is 0 Å². The predicted octanol–water partition coefficient (Wildman–Crippen LogP) is -0.337. The van der Waals surface area contributed by atoms with Crippen LogP contribution in [0.1, 0.15) is 17.3 Å². The van der Waals surface area contributed by atoms with Crippen molar-refractivity contribution in [2.75, 3.05) is 39.3 Å². The molecule has 2 N–H and O–H groups in total. The smallest absolute Gasteiger partial charge is 0.254 e. The van der Waals surface area contributed by atoms with Crippen LogP contribution in [-0.4, -0.2) is 74.7 Å². The molecule has 0 bridgehead atoms. The van der Waals surface area contributed by atoms with Crippen LogP contribution in [0, 0.1) is 0 Å². The van der Waals surface area contributed by atoms with Gasteiger partial charge in [-0.3, -0.25) is 9.59 Å². The van der Waals surface area contributed by atoms with E-state index in [1.807, 2.05) is 6.92 Å². The molecule has 26 heavy (non-hydrogen) atoms. The molecule has 0 spiro atoms. The third kappa shape index (κ3) is 4.17. The highest BCUT2D eigenvalue weighted by Gasteiger charge is 2.30. The first-order chi connectivity index (χ1) is 11.9. The monoisotopic (exact) mass is 402 g/mol. The number of hydrogen-bond donors (Lipinski definition) is 2. The molecule has 0 aliphatic carbocycles. The molecule has 3 rings (SSSR count). The number of amides is 2. The molecule has 2 aliphatic rings. The Morgan fingerprint density at radius 2 is 1.85 bits per heavy atom. The third-order valence-electron chi connectivity index (χ3n) is 4.50. The van der Waals surface area contributed by atoms with Gasteiger partial charge < -0.3 is 15.5 Å². The van der Waals surface area contributed by atoms with Gasteiger partial charge in [0.15, 0.2) is 0 Å². The second-order valence-corrected chi connectivity index (χ2v) is 8.20. The van der Waals surface area contributed by atoms with Gasteiger partial charge in [0.25, 0.3) is 5.91 Å². The highest BCUT2D eigenvalue weighted by atomic mass is 35.5. The summed E-state index contributed by atoms with van der Waals surface area (Å²) < 4.78 is 26.4. The minimum atomic E-state index is -3.74. The Morgan fingerprint density at radius 3 is 2.46 bits per heavy atom. The first-order valence-corrected chi connectivity index (χ1v) is 9.72. The summed E-state index contributed by atoms with van der Waals surface area (Å²) in [5, 5.41) is 5.83. The first kappa shape index (κ1) is 20.6. The SMILES string of the molecule is C[C@H]1CNCCN1C(=O)c1ccc(S(=O)(=O)N2CCNC(=O)C2)cc1.Cl. The average Bonchev–Trinajstić information content (AvgIpc) is 2.62. The van der Waals surface area contributed by atoms with E-state index in [9.17, 15) is 18.0 Å².